The average Bonchev–Trinajstić information content (AvgIpc) is 2.83. The number of amides is 2. The largest absolute Gasteiger partial charge is 0.497 e. The molecule has 0 heterocycles. The van der Waals surface area contributed by atoms with Crippen molar-refractivity contribution in [1.29, 1.82) is 0 Å². The molecule has 7 heteroatoms. The van der Waals surface area contributed by atoms with Crippen molar-refractivity contribution in [2.75, 3.05) is 13.7 Å². The molecule has 0 bridgehead atoms. The minimum absolute atomic E-state index is 0.0726. The van der Waals surface area contributed by atoms with Gasteiger partial charge in [0.05, 0.1) is 13.3 Å². The van der Waals surface area contributed by atoms with E-state index in [4.69, 9.17) is 9.47 Å². The molecule has 2 amide bonds. The van der Waals surface area contributed by atoms with Gasteiger partial charge in [0.1, 0.15) is 11.5 Å². The van der Waals surface area contributed by atoms with Crippen LogP contribution < -0.4 is 20.2 Å². The van der Waals surface area contributed by atoms with E-state index in [1.165, 1.54) is 6.21 Å². The van der Waals surface area contributed by atoms with Crippen LogP contribution in [0, 0.1) is 0 Å². The Morgan fingerprint density at radius 1 is 0.935 bits per heavy atom. The lowest BCUT2D eigenvalue weighted by Gasteiger charge is -2.08. The van der Waals surface area contributed by atoms with Crippen LogP contribution in [-0.4, -0.2) is 31.7 Å². The fourth-order valence-corrected chi connectivity index (χ4v) is 2.64. The van der Waals surface area contributed by atoms with Crippen molar-refractivity contribution >= 4 is 18.0 Å². The number of carbonyl (C=O) groups is 2. The molecule has 3 aromatic rings. The van der Waals surface area contributed by atoms with Gasteiger partial charge >= 0.3 is 0 Å². The first kappa shape index (κ1) is 21.6. The molecule has 0 radical (unpaired) electrons. The number of hydrazone groups is 1. The monoisotopic (exact) mass is 417 g/mol. The van der Waals surface area contributed by atoms with Crippen LogP contribution >= 0.6 is 0 Å². The topological polar surface area (TPSA) is 89.0 Å². The van der Waals surface area contributed by atoms with Gasteiger partial charge in [-0.2, -0.15) is 5.10 Å². The van der Waals surface area contributed by atoms with Crippen LogP contribution in [-0.2, 0) is 11.3 Å². The lowest BCUT2D eigenvalue weighted by molar-refractivity contribution is -0.123. The Morgan fingerprint density at radius 3 is 2.45 bits per heavy atom. The number of hydrogen-bond donors (Lipinski definition) is 2. The van der Waals surface area contributed by atoms with E-state index in [9.17, 15) is 9.59 Å². The second kappa shape index (κ2) is 11.2. The Balaban J connectivity index is 1.43. The highest BCUT2D eigenvalue weighted by Gasteiger charge is 2.05. The van der Waals surface area contributed by atoms with Crippen molar-refractivity contribution in [2.45, 2.75) is 6.54 Å². The zero-order chi connectivity index (χ0) is 21.9. The Hall–Kier alpha value is -4.13. The van der Waals surface area contributed by atoms with Crippen molar-refractivity contribution in [3.63, 3.8) is 0 Å². The summed E-state index contributed by atoms with van der Waals surface area (Å²) in [6, 6.07) is 23.5. The van der Waals surface area contributed by atoms with Crippen molar-refractivity contribution in [2.24, 2.45) is 5.10 Å². The molecule has 3 aromatic carbocycles. The lowest BCUT2D eigenvalue weighted by atomic mass is 10.2. The summed E-state index contributed by atoms with van der Waals surface area (Å²) in [7, 11) is 1.54. The fraction of sp³-hybridized carbons (Fsp3) is 0.125. The molecule has 0 aromatic heterocycles. The van der Waals surface area contributed by atoms with Gasteiger partial charge in [0.2, 0.25) is 0 Å². The molecule has 0 unspecified atom stereocenters. The van der Waals surface area contributed by atoms with Crippen molar-refractivity contribution in [3.8, 4) is 11.5 Å². The minimum Gasteiger partial charge on any atom is -0.497 e. The SMILES string of the molecule is COc1cccc(C(=O)N/N=C\c2ccc(OCC(=O)NCc3ccccc3)cc2)c1. The van der Waals surface area contributed by atoms with Crippen molar-refractivity contribution in [1.82, 2.24) is 10.7 Å². The van der Waals surface area contributed by atoms with Gasteiger partial charge in [-0.25, -0.2) is 5.43 Å². The average molecular weight is 417 g/mol. The van der Waals surface area contributed by atoms with E-state index in [1.54, 1.807) is 55.6 Å². The third kappa shape index (κ3) is 7.01. The van der Waals surface area contributed by atoms with E-state index >= 15 is 0 Å². The number of nitrogens with zero attached hydrogens (tertiary/aromatic N) is 1. The van der Waals surface area contributed by atoms with E-state index in [1.807, 2.05) is 30.3 Å². The standard InChI is InChI=1S/C24H23N3O4/c1-30-22-9-5-8-20(14-22)24(29)27-26-16-19-10-12-21(13-11-19)31-17-23(28)25-15-18-6-3-2-4-7-18/h2-14,16H,15,17H2,1H3,(H,25,28)(H,27,29)/b26-16-. The predicted molar refractivity (Wildman–Crippen MR) is 118 cm³/mol. The summed E-state index contributed by atoms with van der Waals surface area (Å²) >= 11 is 0. The highest BCUT2D eigenvalue weighted by atomic mass is 16.5. The van der Waals surface area contributed by atoms with Gasteiger partial charge in [-0.15, -0.1) is 0 Å². The molecule has 2 N–H and O–H groups in total. The third-order valence-corrected chi connectivity index (χ3v) is 4.29. The molecule has 31 heavy (non-hydrogen) atoms. The van der Waals surface area contributed by atoms with Crippen LogP contribution in [0.1, 0.15) is 21.5 Å². The summed E-state index contributed by atoms with van der Waals surface area (Å²) < 4.78 is 10.6. The number of methoxy groups -OCH3 is 1. The second-order valence-electron chi connectivity index (χ2n) is 6.55. The van der Waals surface area contributed by atoms with Gasteiger partial charge < -0.3 is 14.8 Å². The van der Waals surface area contributed by atoms with Crippen LogP contribution in [0.3, 0.4) is 0 Å². The normalized spacial score (nSPS) is 10.5. The summed E-state index contributed by atoms with van der Waals surface area (Å²) in [5, 5.41) is 6.77. The van der Waals surface area contributed by atoms with Crippen molar-refractivity contribution < 1.29 is 19.1 Å². The molecule has 0 aliphatic heterocycles. The van der Waals surface area contributed by atoms with Crippen LogP contribution in [0.4, 0.5) is 0 Å². The lowest BCUT2D eigenvalue weighted by Crippen LogP contribution is -2.28. The third-order valence-electron chi connectivity index (χ3n) is 4.29. The quantitative estimate of drug-likeness (QED) is 0.413. The van der Waals surface area contributed by atoms with Gasteiger partial charge in [-0.05, 0) is 53.6 Å². The maximum Gasteiger partial charge on any atom is 0.271 e. The summed E-state index contributed by atoms with van der Waals surface area (Å²) in [5.74, 6) is 0.625. The van der Waals surface area contributed by atoms with Gasteiger partial charge in [0.25, 0.3) is 11.8 Å². The number of ether oxygens (including phenoxy) is 2. The number of nitrogens with one attached hydrogen (secondary N) is 2. The Labute approximate surface area is 180 Å². The first-order valence-corrected chi connectivity index (χ1v) is 9.65. The molecular formula is C24H23N3O4. The van der Waals surface area contributed by atoms with E-state index < -0.39 is 0 Å². The van der Waals surface area contributed by atoms with Gasteiger partial charge in [0, 0.05) is 12.1 Å². The summed E-state index contributed by atoms with van der Waals surface area (Å²) in [5.41, 5.74) is 4.72. The molecule has 0 aliphatic carbocycles. The van der Waals surface area contributed by atoms with Crippen LogP contribution in [0.25, 0.3) is 0 Å². The van der Waals surface area contributed by atoms with E-state index in [2.05, 4.69) is 15.8 Å². The number of hydrogen-bond acceptors (Lipinski definition) is 5. The van der Waals surface area contributed by atoms with Crippen LogP contribution in [0.5, 0.6) is 11.5 Å². The second-order valence-corrected chi connectivity index (χ2v) is 6.55. The highest BCUT2D eigenvalue weighted by molar-refractivity contribution is 5.95. The maximum absolute atomic E-state index is 12.1. The molecule has 7 nitrogen and oxygen atoms in total. The summed E-state index contributed by atoms with van der Waals surface area (Å²) in [4.78, 5) is 24.0. The molecule has 0 atom stereocenters. The molecule has 0 fully saturated rings. The van der Waals surface area contributed by atoms with Gasteiger partial charge in [-0.1, -0.05) is 36.4 Å². The smallest absolute Gasteiger partial charge is 0.271 e. The first-order chi connectivity index (χ1) is 15.1. The summed E-state index contributed by atoms with van der Waals surface area (Å²) in [6.45, 7) is 0.386. The Morgan fingerprint density at radius 2 is 1.71 bits per heavy atom. The highest BCUT2D eigenvalue weighted by Crippen LogP contribution is 2.13. The number of rotatable bonds is 9. The predicted octanol–water partition coefficient (Wildman–Crippen LogP) is 3.15. The fourth-order valence-electron chi connectivity index (χ4n) is 2.64. The van der Waals surface area contributed by atoms with Crippen LogP contribution in [0.15, 0.2) is 84.0 Å². The van der Waals surface area contributed by atoms with E-state index in [-0.39, 0.29) is 18.4 Å². The summed E-state index contributed by atoms with van der Waals surface area (Å²) in [6.07, 6.45) is 1.52. The molecule has 0 saturated heterocycles. The molecule has 0 saturated carbocycles. The minimum atomic E-state index is -0.336. The first-order valence-electron chi connectivity index (χ1n) is 9.65. The molecular weight excluding hydrogens is 394 g/mol. The molecule has 3 rings (SSSR count). The Kier molecular flexibility index (Phi) is 7.77. The van der Waals surface area contributed by atoms with Gasteiger partial charge in [0.15, 0.2) is 6.61 Å². The zero-order valence-corrected chi connectivity index (χ0v) is 17.1. The van der Waals surface area contributed by atoms with E-state index in [0.29, 0.717) is 23.6 Å². The number of benzene rings is 3. The van der Waals surface area contributed by atoms with Crippen LogP contribution in [0.2, 0.25) is 0 Å². The number of carbonyl (C=O) groups excluding carboxylic acids is 2. The molecule has 158 valence electrons. The van der Waals surface area contributed by atoms with Crippen molar-refractivity contribution in [3.05, 3.63) is 95.6 Å². The Bertz CT molecular complexity index is 1030. The maximum atomic E-state index is 12.1. The van der Waals surface area contributed by atoms with E-state index in [0.717, 1.165) is 11.1 Å². The molecule has 0 spiro atoms. The van der Waals surface area contributed by atoms with Gasteiger partial charge in [-0.3, -0.25) is 9.59 Å². The zero-order valence-electron chi connectivity index (χ0n) is 17.1. The molecule has 0 aliphatic rings.